The number of rotatable bonds is 8. The second kappa shape index (κ2) is 10.3. The van der Waals surface area contributed by atoms with Crippen molar-refractivity contribution in [1.29, 1.82) is 5.26 Å². The fourth-order valence-corrected chi connectivity index (χ4v) is 3.65. The third-order valence-corrected chi connectivity index (χ3v) is 5.16. The summed E-state index contributed by atoms with van der Waals surface area (Å²) >= 11 is 1.31. The number of aromatic amines is 1. The molecule has 7 nitrogen and oxygen atoms in total. The van der Waals surface area contributed by atoms with Crippen LogP contribution in [0.1, 0.15) is 22.4 Å². The van der Waals surface area contributed by atoms with E-state index >= 15 is 0 Å². The molecule has 1 heterocycles. The number of hydrogen-bond donors (Lipinski definition) is 2. The predicted molar refractivity (Wildman–Crippen MR) is 114 cm³/mol. The average molecular weight is 420 g/mol. The molecule has 0 atom stereocenters. The molecular weight excluding hydrogens is 400 g/mol. The zero-order valence-corrected chi connectivity index (χ0v) is 17.2. The van der Waals surface area contributed by atoms with Crippen LogP contribution in [0.15, 0.2) is 64.5 Å². The highest BCUT2D eigenvalue weighted by Gasteiger charge is 2.09. The second-order valence-corrected chi connectivity index (χ2v) is 7.37. The average Bonchev–Trinajstić information content (AvgIpc) is 2.76. The summed E-state index contributed by atoms with van der Waals surface area (Å²) in [4.78, 5) is 31.3. The van der Waals surface area contributed by atoms with Crippen molar-refractivity contribution in [3.63, 3.8) is 0 Å². The van der Waals surface area contributed by atoms with Gasteiger partial charge in [0.05, 0.1) is 30.9 Å². The van der Waals surface area contributed by atoms with E-state index in [9.17, 15) is 14.9 Å². The Balaban J connectivity index is 1.61. The van der Waals surface area contributed by atoms with Gasteiger partial charge in [0.15, 0.2) is 5.16 Å². The number of nitrogens with zero attached hydrogens (tertiary/aromatic N) is 2. The molecule has 0 spiro atoms. The van der Waals surface area contributed by atoms with Gasteiger partial charge in [0.25, 0.3) is 5.56 Å². The summed E-state index contributed by atoms with van der Waals surface area (Å²) in [6.45, 7) is 0.353. The third kappa shape index (κ3) is 5.96. The smallest absolute Gasteiger partial charge is 0.251 e. The lowest BCUT2D eigenvalue weighted by Gasteiger charge is -2.08. The summed E-state index contributed by atoms with van der Waals surface area (Å²) < 4.78 is 5.17. The highest BCUT2D eigenvalue weighted by molar-refractivity contribution is 7.98. The standard InChI is InChI=1S/C22H20N4O3S/c1-29-19-8-4-5-15(9-19)13-24-20(27)10-18-11-21(28)26-22(25-18)30-14-17-7-3-2-6-16(17)12-23/h2-9,11H,10,13-14H2,1H3,(H,24,27)(H,25,26,28). The van der Waals surface area contributed by atoms with Crippen molar-refractivity contribution in [1.82, 2.24) is 15.3 Å². The van der Waals surface area contributed by atoms with E-state index in [-0.39, 0.29) is 17.9 Å². The van der Waals surface area contributed by atoms with Crippen molar-refractivity contribution in [2.45, 2.75) is 23.9 Å². The van der Waals surface area contributed by atoms with Gasteiger partial charge in [0, 0.05) is 18.4 Å². The first-order chi connectivity index (χ1) is 14.6. The zero-order valence-electron chi connectivity index (χ0n) is 16.3. The number of carbonyl (C=O) groups is 1. The first-order valence-corrected chi connectivity index (χ1v) is 10.2. The highest BCUT2D eigenvalue weighted by atomic mass is 32.2. The first-order valence-electron chi connectivity index (χ1n) is 9.18. The van der Waals surface area contributed by atoms with Gasteiger partial charge in [-0.3, -0.25) is 9.59 Å². The van der Waals surface area contributed by atoms with Gasteiger partial charge >= 0.3 is 0 Å². The summed E-state index contributed by atoms with van der Waals surface area (Å²) in [5.41, 5.74) is 2.41. The number of amides is 1. The number of nitrogens with one attached hydrogen (secondary N) is 2. The quantitative estimate of drug-likeness (QED) is 0.429. The van der Waals surface area contributed by atoms with Crippen LogP contribution in [0.3, 0.4) is 0 Å². The van der Waals surface area contributed by atoms with E-state index in [4.69, 9.17) is 4.74 Å². The zero-order chi connectivity index (χ0) is 21.3. The van der Waals surface area contributed by atoms with Crippen LogP contribution in [-0.2, 0) is 23.5 Å². The van der Waals surface area contributed by atoms with Crippen molar-refractivity contribution in [3.8, 4) is 11.8 Å². The van der Waals surface area contributed by atoms with Gasteiger partial charge < -0.3 is 15.0 Å². The first kappa shape index (κ1) is 21.1. The Morgan fingerprint density at radius 3 is 2.87 bits per heavy atom. The lowest BCUT2D eigenvalue weighted by molar-refractivity contribution is -0.120. The number of carbonyl (C=O) groups excluding carboxylic acids is 1. The summed E-state index contributed by atoms with van der Waals surface area (Å²) in [5.74, 6) is 0.970. The number of ether oxygens (including phenoxy) is 1. The van der Waals surface area contributed by atoms with Crippen LogP contribution in [0.4, 0.5) is 0 Å². The lowest BCUT2D eigenvalue weighted by atomic mass is 10.1. The molecule has 0 saturated carbocycles. The number of methoxy groups -OCH3 is 1. The number of thioether (sulfide) groups is 1. The van der Waals surface area contributed by atoms with E-state index in [2.05, 4.69) is 21.4 Å². The molecule has 1 amide bonds. The van der Waals surface area contributed by atoms with Gasteiger partial charge in [-0.2, -0.15) is 5.26 Å². The monoisotopic (exact) mass is 420 g/mol. The summed E-state index contributed by atoms with van der Waals surface area (Å²) in [7, 11) is 1.59. The molecule has 30 heavy (non-hydrogen) atoms. The molecule has 0 unspecified atom stereocenters. The third-order valence-electron chi connectivity index (χ3n) is 4.24. The fourth-order valence-electron chi connectivity index (χ4n) is 2.75. The van der Waals surface area contributed by atoms with Crippen molar-refractivity contribution in [3.05, 3.63) is 87.3 Å². The molecule has 8 heteroatoms. The number of aromatic nitrogens is 2. The van der Waals surface area contributed by atoms with Crippen LogP contribution in [0.5, 0.6) is 5.75 Å². The molecule has 2 aromatic carbocycles. The van der Waals surface area contributed by atoms with Crippen LogP contribution in [-0.4, -0.2) is 23.0 Å². The fraction of sp³-hybridized carbons (Fsp3) is 0.182. The molecule has 0 aliphatic heterocycles. The maximum atomic E-state index is 12.3. The summed E-state index contributed by atoms with van der Waals surface area (Å²) in [5, 5.41) is 12.4. The van der Waals surface area contributed by atoms with Gasteiger partial charge in [0.2, 0.25) is 5.91 Å². The highest BCUT2D eigenvalue weighted by Crippen LogP contribution is 2.21. The Morgan fingerprint density at radius 2 is 2.07 bits per heavy atom. The molecule has 2 N–H and O–H groups in total. The van der Waals surface area contributed by atoms with Crippen molar-refractivity contribution >= 4 is 17.7 Å². The second-order valence-electron chi connectivity index (χ2n) is 6.40. The largest absolute Gasteiger partial charge is 0.497 e. The Kier molecular flexibility index (Phi) is 7.24. The molecule has 0 aliphatic rings. The van der Waals surface area contributed by atoms with Gasteiger partial charge in [-0.25, -0.2) is 4.98 Å². The Bertz CT molecular complexity index is 1140. The lowest BCUT2D eigenvalue weighted by Crippen LogP contribution is -2.25. The Hall–Kier alpha value is -3.57. The Morgan fingerprint density at radius 1 is 1.23 bits per heavy atom. The van der Waals surface area contributed by atoms with Crippen LogP contribution in [0.2, 0.25) is 0 Å². The number of hydrogen-bond acceptors (Lipinski definition) is 6. The number of H-pyrrole nitrogens is 1. The van der Waals surface area contributed by atoms with E-state index in [0.717, 1.165) is 16.9 Å². The summed E-state index contributed by atoms with van der Waals surface area (Å²) in [6.07, 6.45) is -0.00374. The topological polar surface area (TPSA) is 108 Å². The minimum Gasteiger partial charge on any atom is -0.497 e. The van der Waals surface area contributed by atoms with E-state index in [1.54, 1.807) is 19.2 Å². The van der Waals surface area contributed by atoms with Crippen LogP contribution >= 0.6 is 11.8 Å². The van der Waals surface area contributed by atoms with E-state index in [0.29, 0.717) is 28.7 Å². The maximum Gasteiger partial charge on any atom is 0.251 e. The van der Waals surface area contributed by atoms with Crippen LogP contribution in [0, 0.1) is 11.3 Å². The molecule has 0 bridgehead atoms. The van der Waals surface area contributed by atoms with Gasteiger partial charge in [-0.15, -0.1) is 0 Å². The van der Waals surface area contributed by atoms with Gasteiger partial charge in [0.1, 0.15) is 5.75 Å². The molecule has 0 aliphatic carbocycles. The van der Waals surface area contributed by atoms with Crippen LogP contribution < -0.4 is 15.6 Å². The molecule has 1 aromatic heterocycles. The van der Waals surface area contributed by atoms with E-state index in [1.807, 2.05) is 36.4 Å². The molecule has 0 fully saturated rings. The Labute approximate surface area is 178 Å². The SMILES string of the molecule is COc1cccc(CNC(=O)Cc2cc(=O)[nH]c(SCc3ccccc3C#N)n2)c1. The molecular formula is C22H20N4O3S. The number of benzene rings is 2. The van der Waals surface area contributed by atoms with Crippen LogP contribution in [0.25, 0.3) is 0 Å². The minimum atomic E-state index is -0.323. The van der Waals surface area contributed by atoms with Gasteiger partial charge in [-0.1, -0.05) is 42.1 Å². The van der Waals surface area contributed by atoms with Gasteiger partial charge in [-0.05, 0) is 29.3 Å². The number of nitriles is 1. The molecule has 3 rings (SSSR count). The molecule has 152 valence electrons. The normalized spacial score (nSPS) is 10.3. The molecule has 3 aromatic rings. The van der Waals surface area contributed by atoms with Crippen molar-refractivity contribution < 1.29 is 9.53 Å². The van der Waals surface area contributed by atoms with Crippen molar-refractivity contribution in [2.75, 3.05) is 7.11 Å². The van der Waals surface area contributed by atoms with E-state index in [1.165, 1.54) is 17.8 Å². The molecule has 0 radical (unpaired) electrons. The van der Waals surface area contributed by atoms with E-state index < -0.39 is 0 Å². The molecule has 0 saturated heterocycles. The minimum absolute atomic E-state index is 0.00374. The predicted octanol–water partition coefficient (Wildman–Crippen LogP) is 2.80. The summed E-state index contributed by atoms with van der Waals surface area (Å²) in [6, 6.07) is 18.2. The maximum absolute atomic E-state index is 12.3. The van der Waals surface area contributed by atoms with Crippen molar-refractivity contribution in [2.24, 2.45) is 0 Å².